The Labute approximate surface area is 106 Å². The first-order chi connectivity index (χ1) is 8.58. The van der Waals surface area contributed by atoms with Gasteiger partial charge in [-0.15, -0.1) is 0 Å². The minimum atomic E-state index is -0.0618. The van der Waals surface area contributed by atoms with Gasteiger partial charge in [0.1, 0.15) is 5.82 Å². The third-order valence-electron chi connectivity index (χ3n) is 3.08. The van der Waals surface area contributed by atoms with Crippen LogP contribution in [0.4, 0.5) is 0 Å². The molecule has 18 heavy (non-hydrogen) atoms. The van der Waals surface area contributed by atoms with Gasteiger partial charge in [0.15, 0.2) is 0 Å². The van der Waals surface area contributed by atoms with Gasteiger partial charge in [0, 0.05) is 18.8 Å². The molecule has 0 bridgehead atoms. The van der Waals surface area contributed by atoms with E-state index in [2.05, 4.69) is 20.4 Å². The van der Waals surface area contributed by atoms with E-state index in [-0.39, 0.29) is 11.6 Å². The average molecular weight is 252 g/mol. The highest BCUT2D eigenvalue weighted by atomic mass is 16.5. The van der Waals surface area contributed by atoms with Gasteiger partial charge in [0.2, 0.25) is 0 Å². The molecule has 1 unspecified atom stereocenters. The van der Waals surface area contributed by atoms with Gasteiger partial charge in [0.05, 0.1) is 24.8 Å². The summed E-state index contributed by atoms with van der Waals surface area (Å²) in [4.78, 5) is 19.0. The van der Waals surface area contributed by atoms with Crippen molar-refractivity contribution in [1.82, 2.24) is 20.4 Å². The maximum absolute atomic E-state index is 12.0. The average Bonchev–Trinajstić information content (AvgIpc) is 2.28. The van der Waals surface area contributed by atoms with Gasteiger partial charge in [-0.25, -0.2) is 15.4 Å². The van der Waals surface area contributed by atoms with Crippen molar-refractivity contribution in [3.63, 3.8) is 0 Å². The predicted octanol–water partition coefficient (Wildman–Crippen LogP) is 0.285. The molecular formula is C12H20N4O2. The van der Waals surface area contributed by atoms with E-state index in [0.29, 0.717) is 11.4 Å². The fraction of sp³-hybridized carbons (Fsp3) is 0.667. The monoisotopic (exact) mass is 252 g/mol. The molecule has 1 aromatic heterocycles. The number of hydrogen-bond donors (Lipinski definition) is 2. The number of rotatable bonds is 3. The second-order valence-electron chi connectivity index (χ2n) is 4.60. The highest BCUT2D eigenvalue weighted by molar-refractivity contribution is 5.19. The molecule has 2 heterocycles. The Morgan fingerprint density at radius 3 is 2.67 bits per heavy atom. The molecule has 1 atom stereocenters. The Morgan fingerprint density at radius 2 is 2.06 bits per heavy atom. The predicted molar refractivity (Wildman–Crippen MR) is 68.3 cm³/mol. The van der Waals surface area contributed by atoms with Crippen molar-refractivity contribution < 1.29 is 4.74 Å². The minimum Gasteiger partial charge on any atom is -0.379 e. The van der Waals surface area contributed by atoms with E-state index in [1.165, 1.54) is 0 Å². The molecule has 2 N–H and O–H groups in total. The Morgan fingerprint density at radius 1 is 1.39 bits per heavy atom. The van der Waals surface area contributed by atoms with Crippen molar-refractivity contribution in [3.8, 4) is 0 Å². The summed E-state index contributed by atoms with van der Waals surface area (Å²) in [6, 6.07) is -0.0556. The number of aromatic amines is 1. The summed E-state index contributed by atoms with van der Waals surface area (Å²) in [5, 5.41) is 2.09. The number of hydrogen-bond acceptors (Lipinski definition) is 5. The van der Waals surface area contributed by atoms with Crippen molar-refractivity contribution >= 4 is 0 Å². The number of nitrogens with one attached hydrogen (secondary N) is 2. The van der Waals surface area contributed by atoms with Crippen LogP contribution in [-0.2, 0) is 4.74 Å². The van der Waals surface area contributed by atoms with Crippen molar-refractivity contribution in [2.24, 2.45) is 0 Å². The van der Waals surface area contributed by atoms with Crippen LogP contribution in [0.1, 0.15) is 30.0 Å². The number of H-pyrrole nitrogens is 1. The van der Waals surface area contributed by atoms with Gasteiger partial charge in [0.25, 0.3) is 5.56 Å². The van der Waals surface area contributed by atoms with Crippen LogP contribution in [0.2, 0.25) is 0 Å². The highest BCUT2D eigenvalue weighted by Gasteiger charge is 2.18. The van der Waals surface area contributed by atoms with Crippen LogP contribution in [0.3, 0.4) is 0 Å². The summed E-state index contributed by atoms with van der Waals surface area (Å²) in [6.07, 6.45) is 0. The Bertz CT molecular complexity index is 466. The van der Waals surface area contributed by atoms with Crippen LogP contribution in [0, 0.1) is 13.8 Å². The van der Waals surface area contributed by atoms with Gasteiger partial charge in [-0.05, 0) is 20.8 Å². The second kappa shape index (κ2) is 5.60. The molecule has 0 amide bonds. The quantitative estimate of drug-likeness (QED) is 0.809. The molecule has 1 saturated heterocycles. The summed E-state index contributed by atoms with van der Waals surface area (Å²) in [6.45, 7) is 8.75. The molecule has 0 spiro atoms. The summed E-state index contributed by atoms with van der Waals surface area (Å²) in [5.41, 5.74) is 4.75. The van der Waals surface area contributed by atoms with Crippen LogP contribution < -0.4 is 11.0 Å². The van der Waals surface area contributed by atoms with Crippen molar-refractivity contribution in [2.45, 2.75) is 26.8 Å². The normalized spacial score (nSPS) is 18.8. The maximum atomic E-state index is 12.0. The van der Waals surface area contributed by atoms with Crippen LogP contribution in [0.15, 0.2) is 4.79 Å². The Kier molecular flexibility index (Phi) is 4.11. The zero-order valence-corrected chi connectivity index (χ0v) is 11.1. The SMILES string of the molecule is Cc1nc(C)c(C(C)NN2CCOCC2)c(=O)[nH]1. The van der Waals surface area contributed by atoms with Crippen molar-refractivity contribution in [3.05, 3.63) is 27.4 Å². The zero-order valence-electron chi connectivity index (χ0n) is 11.1. The van der Waals surface area contributed by atoms with Gasteiger partial charge in [-0.3, -0.25) is 4.79 Å². The summed E-state index contributed by atoms with van der Waals surface area (Å²) < 4.78 is 5.29. The Balaban J connectivity index is 2.13. The van der Waals surface area contributed by atoms with Crippen LogP contribution in [0.5, 0.6) is 0 Å². The van der Waals surface area contributed by atoms with E-state index in [0.717, 1.165) is 32.0 Å². The van der Waals surface area contributed by atoms with Crippen molar-refractivity contribution in [1.29, 1.82) is 0 Å². The first-order valence-corrected chi connectivity index (χ1v) is 6.24. The largest absolute Gasteiger partial charge is 0.379 e. The first-order valence-electron chi connectivity index (χ1n) is 6.24. The van der Waals surface area contributed by atoms with E-state index in [1.54, 1.807) is 6.92 Å². The lowest BCUT2D eigenvalue weighted by atomic mass is 10.1. The highest BCUT2D eigenvalue weighted by Crippen LogP contribution is 2.11. The molecule has 1 aliphatic heterocycles. The first kappa shape index (κ1) is 13.2. The fourth-order valence-corrected chi connectivity index (χ4v) is 2.28. The molecule has 0 saturated carbocycles. The maximum Gasteiger partial charge on any atom is 0.255 e. The lowest BCUT2D eigenvalue weighted by Crippen LogP contribution is -2.47. The Hall–Kier alpha value is -1.24. The van der Waals surface area contributed by atoms with E-state index in [4.69, 9.17) is 4.74 Å². The minimum absolute atomic E-state index is 0.0556. The molecule has 100 valence electrons. The fourth-order valence-electron chi connectivity index (χ4n) is 2.28. The van der Waals surface area contributed by atoms with Gasteiger partial charge >= 0.3 is 0 Å². The molecule has 6 nitrogen and oxygen atoms in total. The molecule has 2 rings (SSSR count). The number of nitrogens with zero attached hydrogens (tertiary/aromatic N) is 2. The number of aryl methyl sites for hydroxylation is 2. The van der Waals surface area contributed by atoms with E-state index >= 15 is 0 Å². The van der Waals surface area contributed by atoms with Gasteiger partial charge in [-0.2, -0.15) is 0 Å². The van der Waals surface area contributed by atoms with Gasteiger partial charge < -0.3 is 9.72 Å². The number of aromatic nitrogens is 2. The summed E-state index contributed by atoms with van der Waals surface area (Å²) in [5.74, 6) is 0.653. The third-order valence-corrected chi connectivity index (χ3v) is 3.08. The molecule has 1 fully saturated rings. The standard InChI is InChI=1S/C12H20N4O2/c1-8-11(12(17)14-10(3)13-8)9(2)15-16-4-6-18-7-5-16/h9,15H,4-7H2,1-3H3,(H,13,14,17). The van der Waals surface area contributed by atoms with Crippen LogP contribution in [-0.4, -0.2) is 41.3 Å². The molecule has 1 aromatic rings. The van der Waals surface area contributed by atoms with Crippen LogP contribution >= 0.6 is 0 Å². The smallest absolute Gasteiger partial charge is 0.255 e. The number of hydrazine groups is 1. The van der Waals surface area contributed by atoms with Gasteiger partial charge in [-0.1, -0.05) is 0 Å². The molecule has 0 radical (unpaired) electrons. The van der Waals surface area contributed by atoms with Crippen LogP contribution in [0.25, 0.3) is 0 Å². The molecule has 1 aliphatic rings. The lowest BCUT2D eigenvalue weighted by molar-refractivity contribution is 0.00467. The molecule has 0 aromatic carbocycles. The number of ether oxygens (including phenoxy) is 1. The third kappa shape index (κ3) is 2.95. The topological polar surface area (TPSA) is 70.2 Å². The lowest BCUT2D eigenvalue weighted by Gasteiger charge is -2.30. The summed E-state index contributed by atoms with van der Waals surface area (Å²) in [7, 11) is 0. The number of morpholine rings is 1. The molecule has 0 aliphatic carbocycles. The van der Waals surface area contributed by atoms with E-state index in [1.807, 2.05) is 13.8 Å². The second-order valence-corrected chi connectivity index (χ2v) is 4.60. The zero-order chi connectivity index (χ0) is 13.1. The van der Waals surface area contributed by atoms with E-state index in [9.17, 15) is 4.79 Å². The molecule has 6 heteroatoms. The summed E-state index contributed by atoms with van der Waals surface area (Å²) >= 11 is 0. The van der Waals surface area contributed by atoms with E-state index < -0.39 is 0 Å². The van der Waals surface area contributed by atoms with Crippen molar-refractivity contribution in [2.75, 3.05) is 26.3 Å². The molecular weight excluding hydrogens is 232 g/mol.